The lowest BCUT2D eigenvalue weighted by molar-refractivity contribution is 0.145. The molecule has 0 fully saturated rings. The molecule has 0 amide bonds. The van der Waals surface area contributed by atoms with E-state index >= 15 is 0 Å². The molecule has 0 spiro atoms. The molecule has 0 aliphatic rings. The van der Waals surface area contributed by atoms with E-state index in [2.05, 4.69) is 5.10 Å². The van der Waals surface area contributed by atoms with Crippen LogP contribution >= 0.6 is 0 Å². The number of alkyl halides is 2. The number of aromatic amines is 2. The van der Waals surface area contributed by atoms with Gasteiger partial charge in [0.15, 0.2) is 11.6 Å². The monoisotopic (exact) mass is 527 g/mol. The average Bonchev–Trinajstić information content (AvgIpc) is 3.27. The van der Waals surface area contributed by atoms with Crippen molar-refractivity contribution in [1.82, 2.24) is 19.7 Å². The quantitative estimate of drug-likeness (QED) is 0.339. The Bertz CT molecular complexity index is 1600. The number of aromatic nitrogens is 4. The maximum Gasteiger partial charge on any atom is 0.325 e. The van der Waals surface area contributed by atoms with Crippen LogP contribution in [0.15, 0.2) is 69.2 Å². The molecule has 4 N–H and O–H groups in total. The lowest BCUT2D eigenvalue weighted by Crippen LogP contribution is -2.23. The third-order valence-corrected chi connectivity index (χ3v) is 5.51. The van der Waals surface area contributed by atoms with Gasteiger partial charge in [-0.2, -0.15) is 9.49 Å². The zero-order valence-electron chi connectivity index (χ0n) is 18.2. The Morgan fingerprint density at radius 2 is 1.69 bits per heavy atom. The zero-order valence-corrected chi connectivity index (χ0v) is 19.0. The van der Waals surface area contributed by atoms with E-state index < -0.39 is 45.0 Å². The van der Waals surface area contributed by atoms with E-state index in [1.54, 1.807) is 4.98 Å². The van der Waals surface area contributed by atoms with Crippen LogP contribution in [0.25, 0.3) is 16.9 Å². The highest BCUT2D eigenvalue weighted by atomic mass is 32.2. The van der Waals surface area contributed by atoms with Crippen LogP contribution in [0.5, 0.6) is 5.75 Å². The summed E-state index contributed by atoms with van der Waals surface area (Å²) in [5, 5.41) is 8.90. The molecule has 0 atom stereocenters. The van der Waals surface area contributed by atoms with E-state index in [1.165, 1.54) is 48.2 Å². The molecule has 0 radical (unpaired) electrons. The van der Waals surface area contributed by atoms with Crippen molar-refractivity contribution in [3.63, 3.8) is 0 Å². The minimum atomic E-state index is -3.90. The summed E-state index contributed by atoms with van der Waals surface area (Å²) < 4.78 is 81.1. The third kappa shape index (κ3) is 6.05. The first-order valence-corrected chi connectivity index (χ1v) is 11.3. The second kappa shape index (κ2) is 10.6. The van der Waals surface area contributed by atoms with Crippen molar-refractivity contribution >= 4 is 10.0 Å². The number of methoxy groups -OCH3 is 1. The summed E-state index contributed by atoms with van der Waals surface area (Å²) in [4.78, 5) is 23.9. The van der Waals surface area contributed by atoms with Crippen molar-refractivity contribution in [3.8, 4) is 22.7 Å². The van der Waals surface area contributed by atoms with E-state index in [4.69, 9.17) is 9.88 Å². The predicted molar refractivity (Wildman–Crippen MR) is 119 cm³/mol. The summed E-state index contributed by atoms with van der Waals surface area (Å²) >= 11 is 0. The molecular weight excluding hydrogens is 510 g/mol. The highest BCUT2D eigenvalue weighted by Gasteiger charge is 2.19. The molecule has 2 heterocycles. The van der Waals surface area contributed by atoms with Gasteiger partial charge in [0.05, 0.1) is 23.4 Å². The number of hydrogen-bond donors (Lipinski definition) is 3. The van der Waals surface area contributed by atoms with E-state index in [0.29, 0.717) is 17.4 Å². The first-order chi connectivity index (χ1) is 16.9. The molecule has 2 aromatic carbocycles. The maximum absolute atomic E-state index is 14.0. The van der Waals surface area contributed by atoms with Gasteiger partial charge in [-0.25, -0.2) is 36.2 Å². The molecular formula is C21H17F4N5O5S. The van der Waals surface area contributed by atoms with Crippen LogP contribution < -0.4 is 21.1 Å². The van der Waals surface area contributed by atoms with E-state index in [0.717, 1.165) is 12.1 Å². The van der Waals surface area contributed by atoms with Gasteiger partial charge in [0.1, 0.15) is 5.69 Å². The van der Waals surface area contributed by atoms with E-state index in [-0.39, 0.29) is 16.3 Å². The molecule has 0 aliphatic carbocycles. The number of nitrogens with two attached hydrogens (primary N) is 1. The Morgan fingerprint density at radius 3 is 2.19 bits per heavy atom. The molecule has 0 unspecified atom stereocenters. The molecule has 2 aromatic heterocycles. The van der Waals surface area contributed by atoms with Gasteiger partial charge in [0.25, 0.3) is 12.0 Å². The number of nitrogens with zero attached hydrogens (tertiary/aromatic N) is 2. The van der Waals surface area contributed by atoms with E-state index in [1.807, 2.05) is 4.98 Å². The smallest absolute Gasteiger partial charge is 0.325 e. The van der Waals surface area contributed by atoms with Crippen LogP contribution in [-0.4, -0.2) is 35.3 Å². The summed E-state index contributed by atoms with van der Waals surface area (Å²) in [5.41, 5.74) is -1.41. The number of nitrogens with one attached hydrogen (secondary N) is 2. The number of halogens is 4. The van der Waals surface area contributed by atoms with Gasteiger partial charge in [-0.3, -0.25) is 9.78 Å². The Kier molecular flexibility index (Phi) is 7.74. The zero-order chi connectivity index (χ0) is 26.6. The largest absolute Gasteiger partial charge is 0.494 e. The topological polar surface area (TPSA) is 153 Å². The Morgan fingerprint density at radius 1 is 1.03 bits per heavy atom. The van der Waals surface area contributed by atoms with Gasteiger partial charge < -0.3 is 9.72 Å². The first kappa shape index (κ1) is 26.4. The lowest BCUT2D eigenvalue weighted by Gasteiger charge is -2.09. The average molecular weight is 527 g/mol. The van der Waals surface area contributed by atoms with Crippen molar-refractivity contribution in [3.05, 3.63) is 92.9 Å². The minimum absolute atomic E-state index is 0.0106. The van der Waals surface area contributed by atoms with Crippen LogP contribution in [0.3, 0.4) is 0 Å². The van der Waals surface area contributed by atoms with Gasteiger partial charge >= 0.3 is 5.69 Å². The molecule has 0 saturated heterocycles. The van der Waals surface area contributed by atoms with Crippen molar-refractivity contribution in [2.24, 2.45) is 5.14 Å². The maximum atomic E-state index is 14.0. The van der Waals surface area contributed by atoms with Gasteiger partial charge in [0.2, 0.25) is 15.8 Å². The van der Waals surface area contributed by atoms with Crippen LogP contribution in [0.4, 0.5) is 17.6 Å². The Labute approximate surface area is 200 Å². The highest BCUT2D eigenvalue weighted by molar-refractivity contribution is 7.89. The molecule has 0 saturated carbocycles. The number of primary sulfonamides is 1. The first-order valence-electron chi connectivity index (χ1n) is 9.73. The number of benzene rings is 2. The molecule has 10 nitrogen and oxygen atoms in total. The minimum Gasteiger partial charge on any atom is -0.494 e. The molecule has 15 heteroatoms. The lowest BCUT2D eigenvalue weighted by atomic mass is 10.1. The van der Waals surface area contributed by atoms with Crippen molar-refractivity contribution < 1.29 is 30.7 Å². The summed E-state index contributed by atoms with van der Waals surface area (Å²) in [5.74, 6) is -1.64. The molecule has 190 valence electrons. The second-order valence-corrected chi connectivity index (χ2v) is 8.54. The van der Waals surface area contributed by atoms with Gasteiger partial charge in [-0.15, -0.1) is 0 Å². The Balaban J connectivity index is 0.000000338. The fourth-order valence-corrected chi connectivity index (χ4v) is 3.42. The van der Waals surface area contributed by atoms with Gasteiger partial charge in [-0.1, -0.05) is 0 Å². The van der Waals surface area contributed by atoms with Crippen LogP contribution in [0.2, 0.25) is 0 Å². The summed E-state index contributed by atoms with van der Waals surface area (Å²) in [6.07, 6.45) is -2.13. The summed E-state index contributed by atoms with van der Waals surface area (Å²) in [7, 11) is -2.59. The van der Waals surface area contributed by atoms with E-state index in [9.17, 15) is 35.6 Å². The molecule has 0 bridgehead atoms. The predicted octanol–water partition coefficient (Wildman–Crippen LogP) is 2.47. The summed E-state index contributed by atoms with van der Waals surface area (Å²) in [6, 6.07) is 10.3. The normalized spacial score (nSPS) is 11.2. The number of H-pyrrole nitrogens is 2. The molecule has 4 aromatic rings. The number of sulfonamides is 1. The van der Waals surface area contributed by atoms with Gasteiger partial charge in [-0.05, 0) is 48.5 Å². The SMILES string of the molecule is COc1ccc(-c2cc(C(F)F)nn2-c2ccc(S(N)(=O)=O)cc2)cc1F.O=c1[nH]cc(F)c(=O)[nH]1. The molecule has 36 heavy (non-hydrogen) atoms. The number of hydrogen-bond acceptors (Lipinski definition) is 6. The van der Waals surface area contributed by atoms with Gasteiger partial charge in [0, 0.05) is 11.8 Å². The van der Waals surface area contributed by atoms with Crippen molar-refractivity contribution in [2.45, 2.75) is 11.3 Å². The fraction of sp³-hybridized carbons (Fsp3) is 0.0952. The highest BCUT2D eigenvalue weighted by Crippen LogP contribution is 2.31. The van der Waals surface area contributed by atoms with Crippen molar-refractivity contribution in [2.75, 3.05) is 7.11 Å². The van der Waals surface area contributed by atoms with Crippen LogP contribution in [0.1, 0.15) is 12.1 Å². The van der Waals surface area contributed by atoms with Crippen LogP contribution in [0, 0.1) is 11.6 Å². The number of ether oxygens (including phenoxy) is 1. The second-order valence-electron chi connectivity index (χ2n) is 6.98. The Hall–Kier alpha value is -4.24. The van der Waals surface area contributed by atoms with Crippen molar-refractivity contribution in [1.29, 1.82) is 0 Å². The van der Waals surface area contributed by atoms with Crippen LogP contribution in [-0.2, 0) is 10.0 Å². The number of rotatable bonds is 5. The summed E-state index contributed by atoms with van der Waals surface area (Å²) in [6.45, 7) is 0. The fourth-order valence-electron chi connectivity index (χ4n) is 2.90. The third-order valence-electron chi connectivity index (χ3n) is 4.58. The molecule has 4 rings (SSSR count). The molecule has 0 aliphatic heterocycles. The standard InChI is InChI=1S/C17H14F3N3O3S.C4H3FN2O2/c1-26-16-7-2-10(8-13(16)18)15-9-14(17(19)20)22-23(15)11-3-5-12(6-4-11)27(21,24)25;5-2-1-6-4(9)7-3(2)8/h2-9,17H,1H3,(H2,21,24,25);1H,(H2,6,7,8,9).